The first-order chi connectivity index (χ1) is 9.40. The molecule has 0 aromatic carbocycles. The molecule has 1 N–H and O–H groups in total. The van der Waals surface area contributed by atoms with Crippen molar-refractivity contribution in [3.8, 4) is 6.07 Å². The third kappa shape index (κ3) is 3.17. The Balaban J connectivity index is 2.06. The van der Waals surface area contributed by atoms with E-state index >= 15 is 0 Å². The van der Waals surface area contributed by atoms with E-state index in [2.05, 4.69) is 10.3 Å². The Morgan fingerprint density at radius 3 is 2.95 bits per heavy atom. The van der Waals surface area contributed by atoms with Crippen molar-refractivity contribution in [2.75, 3.05) is 18.4 Å². The number of carbonyl (C=O) groups excluding carboxylic acids is 1. The van der Waals surface area contributed by atoms with Crippen LogP contribution < -0.4 is 5.32 Å². The molecule has 1 aliphatic rings. The molecule has 0 saturated carbocycles. The number of halogens is 3. The zero-order valence-electron chi connectivity index (χ0n) is 10.3. The lowest BCUT2D eigenvalue weighted by atomic mass is 10.2. The zero-order valence-corrected chi connectivity index (χ0v) is 10.3. The number of hydrogen-bond acceptors (Lipinski definition) is 4. The van der Waals surface area contributed by atoms with E-state index in [1.165, 1.54) is 12.3 Å². The highest BCUT2D eigenvalue weighted by molar-refractivity contribution is 5.86. The lowest BCUT2D eigenvalue weighted by molar-refractivity contribution is -0.157. The van der Waals surface area contributed by atoms with Crippen LogP contribution in [-0.4, -0.2) is 41.1 Å². The molecule has 0 radical (unpaired) electrons. The largest absolute Gasteiger partial charge is 0.406 e. The molecule has 106 valence electrons. The van der Waals surface area contributed by atoms with Crippen LogP contribution in [0.3, 0.4) is 0 Å². The van der Waals surface area contributed by atoms with E-state index in [1.54, 1.807) is 6.07 Å². The molecule has 0 bridgehead atoms. The van der Waals surface area contributed by atoms with Crippen LogP contribution in [0.1, 0.15) is 12.0 Å². The highest BCUT2D eigenvalue weighted by atomic mass is 19.4. The van der Waals surface area contributed by atoms with E-state index < -0.39 is 24.7 Å². The van der Waals surface area contributed by atoms with Gasteiger partial charge in [-0.2, -0.15) is 18.4 Å². The maximum absolute atomic E-state index is 12.3. The fourth-order valence-corrected chi connectivity index (χ4v) is 2.02. The van der Waals surface area contributed by atoms with E-state index in [-0.39, 0.29) is 24.3 Å². The summed E-state index contributed by atoms with van der Waals surface area (Å²) in [5.41, 5.74) is 0.245. The number of amides is 1. The highest BCUT2D eigenvalue weighted by Crippen LogP contribution is 2.23. The number of hydrogen-bond donors (Lipinski definition) is 1. The summed E-state index contributed by atoms with van der Waals surface area (Å²) in [5.74, 6) is -0.418. The maximum Gasteiger partial charge on any atom is 0.406 e. The molecule has 5 nitrogen and oxygen atoms in total. The molecule has 1 aromatic heterocycles. The highest BCUT2D eigenvalue weighted by Gasteiger charge is 2.39. The molecule has 1 atom stereocenters. The summed E-state index contributed by atoms with van der Waals surface area (Å²) < 4.78 is 36.9. The van der Waals surface area contributed by atoms with Crippen molar-refractivity contribution in [3.05, 3.63) is 23.9 Å². The van der Waals surface area contributed by atoms with Crippen LogP contribution in [0.15, 0.2) is 18.3 Å². The first kappa shape index (κ1) is 14.1. The second-order valence-corrected chi connectivity index (χ2v) is 4.37. The summed E-state index contributed by atoms with van der Waals surface area (Å²) in [4.78, 5) is 16.5. The molecule has 1 saturated heterocycles. The lowest BCUT2D eigenvalue weighted by Crippen LogP contribution is -2.39. The molecule has 1 amide bonds. The maximum atomic E-state index is 12.3. The lowest BCUT2D eigenvalue weighted by Gasteiger charge is -2.19. The molecule has 1 fully saturated rings. The number of aromatic nitrogens is 1. The van der Waals surface area contributed by atoms with Gasteiger partial charge in [0, 0.05) is 12.7 Å². The van der Waals surface area contributed by atoms with E-state index in [0.717, 1.165) is 4.90 Å². The van der Waals surface area contributed by atoms with Gasteiger partial charge in [-0.1, -0.05) is 0 Å². The molecule has 20 heavy (non-hydrogen) atoms. The minimum atomic E-state index is -4.41. The Labute approximate surface area is 113 Å². The topological polar surface area (TPSA) is 69.0 Å². The van der Waals surface area contributed by atoms with Crippen LogP contribution in [0.5, 0.6) is 0 Å². The summed E-state index contributed by atoms with van der Waals surface area (Å²) in [6, 6.07) is 4.21. The normalized spacial score (nSPS) is 19.0. The number of nitrogens with zero attached hydrogens (tertiary/aromatic N) is 3. The predicted octanol–water partition coefficient (Wildman–Crippen LogP) is 1.53. The molecule has 1 unspecified atom stereocenters. The summed E-state index contributed by atoms with van der Waals surface area (Å²) >= 11 is 0. The number of nitrogens with one attached hydrogen (secondary N) is 1. The second-order valence-electron chi connectivity index (χ2n) is 4.37. The van der Waals surface area contributed by atoms with Crippen LogP contribution in [0, 0.1) is 11.3 Å². The second kappa shape index (κ2) is 5.36. The minimum Gasteiger partial charge on any atom is -0.357 e. The van der Waals surface area contributed by atoms with Gasteiger partial charge in [-0.05, 0) is 18.6 Å². The molecule has 1 aliphatic heterocycles. The van der Waals surface area contributed by atoms with Gasteiger partial charge in [-0.25, -0.2) is 4.98 Å². The van der Waals surface area contributed by atoms with Crippen LogP contribution in [0.25, 0.3) is 0 Å². The number of anilines is 1. The number of pyridine rings is 1. The molecule has 0 spiro atoms. The van der Waals surface area contributed by atoms with Crippen molar-refractivity contribution in [2.24, 2.45) is 0 Å². The van der Waals surface area contributed by atoms with E-state index in [1.807, 2.05) is 6.07 Å². The minimum absolute atomic E-state index is 0.0325. The summed E-state index contributed by atoms with van der Waals surface area (Å²) in [7, 11) is 0. The van der Waals surface area contributed by atoms with Gasteiger partial charge in [0.25, 0.3) is 0 Å². The van der Waals surface area contributed by atoms with Gasteiger partial charge in [-0.3, -0.25) is 4.79 Å². The molecular formula is C12H11F3N4O. The molecule has 8 heteroatoms. The van der Waals surface area contributed by atoms with Gasteiger partial charge in [0.05, 0.1) is 5.56 Å². The fourth-order valence-electron chi connectivity index (χ4n) is 2.02. The number of carbonyl (C=O) groups is 1. The quantitative estimate of drug-likeness (QED) is 0.914. The average Bonchev–Trinajstić information content (AvgIpc) is 2.70. The van der Waals surface area contributed by atoms with Crippen molar-refractivity contribution in [3.63, 3.8) is 0 Å². The van der Waals surface area contributed by atoms with Gasteiger partial charge in [-0.15, -0.1) is 0 Å². The summed E-state index contributed by atoms with van der Waals surface area (Å²) in [5, 5.41) is 11.6. The van der Waals surface area contributed by atoms with Crippen molar-refractivity contribution < 1.29 is 18.0 Å². The third-order valence-electron chi connectivity index (χ3n) is 2.91. The summed E-state index contributed by atoms with van der Waals surface area (Å²) in [6.45, 7) is -1.22. The molecule has 1 aromatic rings. The average molecular weight is 284 g/mol. The Morgan fingerprint density at radius 2 is 2.30 bits per heavy atom. The van der Waals surface area contributed by atoms with E-state index in [4.69, 9.17) is 5.26 Å². The predicted molar refractivity (Wildman–Crippen MR) is 63.6 cm³/mol. The monoisotopic (exact) mass is 284 g/mol. The number of alkyl halides is 3. The van der Waals surface area contributed by atoms with Crippen LogP contribution >= 0.6 is 0 Å². The standard InChI is InChI=1S/C12H11F3N4O/c13-12(14,15)7-19-5-3-9(11(19)20)18-10-8(6-16)2-1-4-17-10/h1-2,4,9H,3,5,7H2,(H,17,18). The van der Waals surface area contributed by atoms with E-state index in [0.29, 0.717) is 0 Å². The van der Waals surface area contributed by atoms with Gasteiger partial charge in [0.15, 0.2) is 0 Å². The zero-order chi connectivity index (χ0) is 14.8. The SMILES string of the molecule is N#Cc1cccnc1NC1CCN(CC(F)(F)F)C1=O. The van der Waals surface area contributed by atoms with Crippen molar-refractivity contribution in [2.45, 2.75) is 18.6 Å². The van der Waals surface area contributed by atoms with Gasteiger partial charge < -0.3 is 10.2 Å². The molecule has 2 heterocycles. The van der Waals surface area contributed by atoms with Crippen LogP contribution in [0.2, 0.25) is 0 Å². The van der Waals surface area contributed by atoms with Crippen molar-refractivity contribution >= 4 is 11.7 Å². The first-order valence-corrected chi connectivity index (χ1v) is 5.88. The number of rotatable bonds is 3. The summed E-state index contributed by atoms with van der Waals surface area (Å²) in [6.07, 6.45) is -2.72. The first-order valence-electron chi connectivity index (χ1n) is 5.88. The Hall–Kier alpha value is -2.30. The fraction of sp³-hybridized carbons (Fsp3) is 0.417. The van der Waals surface area contributed by atoms with Crippen LogP contribution in [-0.2, 0) is 4.79 Å². The van der Waals surface area contributed by atoms with Gasteiger partial charge in [0.2, 0.25) is 5.91 Å². The van der Waals surface area contributed by atoms with Gasteiger partial charge >= 0.3 is 6.18 Å². The Kier molecular flexibility index (Phi) is 3.79. The number of nitriles is 1. The number of likely N-dealkylation sites (tertiary alicyclic amines) is 1. The Morgan fingerprint density at radius 1 is 1.55 bits per heavy atom. The van der Waals surface area contributed by atoms with Crippen LogP contribution in [0.4, 0.5) is 19.0 Å². The molecule has 0 aliphatic carbocycles. The Bertz CT molecular complexity index is 552. The van der Waals surface area contributed by atoms with Crippen molar-refractivity contribution in [1.29, 1.82) is 5.26 Å². The third-order valence-corrected chi connectivity index (χ3v) is 2.91. The van der Waals surface area contributed by atoms with Gasteiger partial charge in [0.1, 0.15) is 24.5 Å². The van der Waals surface area contributed by atoms with Crippen molar-refractivity contribution in [1.82, 2.24) is 9.88 Å². The van der Waals surface area contributed by atoms with E-state index in [9.17, 15) is 18.0 Å². The molecular weight excluding hydrogens is 273 g/mol. The molecule has 2 rings (SSSR count). The smallest absolute Gasteiger partial charge is 0.357 e.